The molecule has 0 aliphatic rings. The third-order valence-electron chi connectivity index (χ3n) is 4.72. The van der Waals surface area contributed by atoms with Crippen molar-refractivity contribution in [3.8, 4) is 11.5 Å². The lowest BCUT2D eigenvalue weighted by Gasteiger charge is -2.10. The van der Waals surface area contributed by atoms with Gasteiger partial charge in [0.15, 0.2) is 11.5 Å². The Morgan fingerprint density at radius 3 is 2.64 bits per heavy atom. The lowest BCUT2D eigenvalue weighted by molar-refractivity contribution is -0.120. The number of benzene rings is 2. The quantitative estimate of drug-likeness (QED) is 0.472. The average molecular weight is 381 g/mol. The van der Waals surface area contributed by atoms with Crippen molar-refractivity contribution in [2.75, 3.05) is 33.9 Å². The van der Waals surface area contributed by atoms with E-state index in [2.05, 4.69) is 27.8 Å². The van der Waals surface area contributed by atoms with Gasteiger partial charge in [-0.1, -0.05) is 24.3 Å². The standard InChI is InChI=1S/C22H27N3O3/c1-27-20-8-7-16(13-21(20)28-2)9-12-24-22(26)15-23-11-10-17-14-25-19-6-4-3-5-18(17)19/h3-8,13-14,23,25H,9-12,15H2,1-2H3,(H,24,26). The van der Waals surface area contributed by atoms with E-state index < -0.39 is 0 Å². The van der Waals surface area contributed by atoms with Crippen molar-refractivity contribution in [2.24, 2.45) is 0 Å². The fraction of sp³-hybridized carbons (Fsp3) is 0.318. The molecule has 148 valence electrons. The van der Waals surface area contributed by atoms with E-state index in [0.29, 0.717) is 24.6 Å². The maximum Gasteiger partial charge on any atom is 0.233 e. The lowest BCUT2D eigenvalue weighted by Crippen LogP contribution is -2.35. The topological polar surface area (TPSA) is 75.4 Å². The first-order valence-electron chi connectivity index (χ1n) is 9.44. The van der Waals surface area contributed by atoms with E-state index in [1.54, 1.807) is 14.2 Å². The molecular formula is C22H27N3O3. The van der Waals surface area contributed by atoms with Crippen molar-refractivity contribution in [2.45, 2.75) is 12.8 Å². The van der Waals surface area contributed by atoms with Crippen molar-refractivity contribution >= 4 is 16.8 Å². The van der Waals surface area contributed by atoms with Gasteiger partial charge >= 0.3 is 0 Å². The minimum Gasteiger partial charge on any atom is -0.493 e. The number of para-hydroxylation sites is 1. The number of carbonyl (C=O) groups excluding carboxylic acids is 1. The Morgan fingerprint density at radius 2 is 1.82 bits per heavy atom. The number of methoxy groups -OCH3 is 2. The third kappa shape index (κ3) is 5.04. The summed E-state index contributed by atoms with van der Waals surface area (Å²) in [7, 11) is 3.23. The monoisotopic (exact) mass is 381 g/mol. The summed E-state index contributed by atoms with van der Waals surface area (Å²) < 4.78 is 10.5. The first-order chi connectivity index (χ1) is 13.7. The van der Waals surface area contributed by atoms with Gasteiger partial charge in [-0.2, -0.15) is 0 Å². The Kier molecular flexibility index (Phi) is 6.92. The smallest absolute Gasteiger partial charge is 0.233 e. The van der Waals surface area contributed by atoms with Gasteiger partial charge in [-0.15, -0.1) is 0 Å². The van der Waals surface area contributed by atoms with E-state index >= 15 is 0 Å². The van der Waals surface area contributed by atoms with E-state index in [0.717, 1.165) is 30.5 Å². The predicted molar refractivity (Wildman–Crippen MR) is 111 cm³/mol. The average Bonchev–Trinajstić information content (AvgIpc) is 3.14. The predicted octanol–water partition coefficient (Wildman–Crippen LogP) is 2.68. The number of ether oxygens (including phenoxy) is 2. The number of H-pyrrole nitrogens is 1. The highest BCUT2D eigenvalue weighted by Crippen LogP contribution is 2.27. The van der Waals surface area contributed by atoms with Crippen molar-refractivity contribution in [3.05, 3.63) is 59.8 Å². The van der Waals surface area contributed by atoms with Gasteiger partial charge in [-0.25, -0.2) is 0 Å². The number of fused-ring (bicyclic) bond motifs is 1. The molecule has 0 fully saturated rings. The number of amides is 1. The molecule has 0 aliphatic heterocycles. The molecule has 2 aromatic carbocycles. The molecule has 3 rings (SSSR count). The van der Waals surface area contributed by atoms with Gasteiger partial charge in [0.1, 0.15) is 0 Å². The first kappa shape index (κ1) is 19.8. The molecule has 0 bridgehead atoms. The minimum absolute atomic E-state index is 0.000552. The van der Waals surface area contributed by atoms with Crippen LogP contribution in [0.5, 0.6) is 11.5 Å². The molecule has 0 saturated heterocycles. The van der Waals surface area contributed by atoms with Crippen LogP contribution in [0.25, 0.3) is 10.9 Å². The molecule has 0 aliphatic carbocycles. The highest BCUT2D eigenvalue weighted by Gasteiger charge is 2.06. The molecule has 6 nitrogen and oxygen atoms in total. The summed E-state index contributed by atoms with van der Waals surface area (Å²) in [5, 5.41) is 7.39. The fourth-order valence-corrected chi connectivity index (χ4v) is 3.21. The van der Waals surface area contributed by atoms with Crippen molar-refractivity contribution < 1.29 is 14.3 Å². The summed E-state index contributed by atoms with van der Waals surface area (Å²) in [5.74, 6) is 1.40. The summed E-state index contributed by atoms with van der Waals surface area (Å²) in [6, 6.07) is 14.0. The number of carbonyl (C=O) groups is 1. The SMILES string of the molecule is COc1ccc(CCNC(=O)CNCCc2c[nH]c3ccccc23)cc1OC. The number of hydrogen-bond acceptors (Lipinski definition) is 4. The zero-order valence-corrected chi connectivity index (χ0v) is 16.4. The molecule has 0 unspecified atom stereocenters. The molecule has 1 heterocycles. The van der Waals surface area contributed by atoms with Gasteiger partial charge in [0, 0.05) is 23.6 Å². The van der Waals surface area contributed by atoms with Gasteiger partial charge < -0.3 is 25.1 Å². The van der Waals surface area contributed by atoms with Crippen LogP contribution < -0.4 is 20.1 Å². The molecule has 6 heteroatoms. The van der Waals surface area contributed by atoms with Gasteiger partial charge in [0.2, 0.25) is 5.91 Å². The summed E-state index contributed by atoms with van der Waals surface area (Å²) in [6.07, 6.45) is 3.65. The normalized spacial score (nSPS) is 10.8. The Morgan fingerprint density at radius 1 is 1.00 bits per heavy atom. The van der Waals surface area contributed by atoms with E-state index in [1.165, 1.54) is 10.9 Å². The lowest BCUT2D eigenvalue weighted by atomic mass is 10.1. The third-order valence-corrected chi connectivity index (χ3v) is 4.72. The van der Waals surface area contributed by atoms with E-state index in [9.17, 15) is 4.79 Å². The van der Waals surface area contributed by atoms with Crippen molar-refractivity contribution in [3.63, 3.8) is 0 Å². The molecule has 0 radical (unpaired) electrons. The van der Waals surface area contributed by atoms with E-state index in [4.69, 9.17) is 9.47 Å². The maximum absolute atomic E-state index is 12.0. The Hall–Kier alpha value is -2.99. The number of aromatic amines is 1. The van der Waals surface area contributed by atoms with Crippen LogP contribution in [0.1, 0.15) is 11.1 Å². The van der Waals surface area contributed by atoms with Crippen LogP contribution in [0.2, 0.25) is 0 Å². The largest absolute Gasteiger partial charge is 0.493 e. The second-order valence-electron chi connectivity index (χ2n) is 6.58. The maximum atomic E-state index is 12.0. The van der Waals surface area contributed by atoms with Crippen LogP contribution >= 0.6 is 0 Å². The summed E-state index contributed by atoms with van der Waals surface area (Å²) in [6.45, 7) is 1.65. The Balaban J connectivity index is 1.36. The zero-order chi connectivity index (χ0) is 19.8. The number of aromatic nitrogens is 1. The summed E-state index contributed by atoms with van der Waals surface area (Å²) in [4.78, 5) is 15.3. The molecule has 1 aromatic heterocycles. The van der Waals surface area contributed by atoms with Gasteiger partial charge in [0.25, 0.3) is 0 Å². The highest BCUT2D eigenvalue weighted by molar-refractivity contribution is 5.83. The fourth-order valence-electron chi connectivity index (χ4n) is 3.21. The number of nitrogens with one attached hydrogen (secondary N) is 3. The molecule has 0 spiro atoms. The van der Waals surface area contributed by atoms with Crippen LogP contribution in [-0.4, -0.2) is 44.7 Å². The Bertz CT molecular complexity index is 920. The summed E-state index contributed by atoms with van der Waals surface area (Å²) >= 11 is 0. The molecule has 3 aromatic rings. The van der Waals surface area contributed by atoms with Crippen LogP contribution in [-0.2, 0) is 17.6 Å². The van der Waals surface area contributed by atoms with Crippen LogP contribution in [0, 0.1) is 0 Å². The molecule has 0 atom stereocenters. The molecule has 0 saturated carbocycles. The molecule has 1 amide bonds. The van der Waals surface area contributed by atoms with Crippen molar-refractivity contribution in [1.29, 1.82) is 0 Å². The number of hydrogen-bond donors (Lipinski definition) is 3. The Labute approximate surface area is 165 Å². The molecule has 3 N–H and O–H groups in total. The van der Waals surface area contributed by atoms with Gasteiger partial charge in [0.05, 0.1) is 20.8 Å². The molecule has 28 heavy (non-hydrogen) atoms. The minimum atomic E-state index is -0.000552. The highest BCUT2D eigenvalue weighted by atomic mass is 16.5. The van der Waals surface area contributed by atoms with Crippen LogP contribution in [0.15, 0.2) is 48.7 Å². The van der Waals surface area contributed by atoms with Crippen molar-refractivity contribution in [1.82, 2.24) is 15.6 Å². The van der Waals surface area contributed by atoms with Crippen LogP contribution in [0.4, 0.5) is 0 Å². The second kappa shape index (κ2) is 9.80. The van der Waals surface area contributed by atoms with E-state index in [1.807, 2.05) is 36.5 Å². The van der Waals surface area contributed by atoms with Crippen LogP contribution in [0.3, 0.4) is 0 Å². The van der Waals surface area contributed by atoms with E-state index in [-0.39, 0.29) is 5.91 Å². The second-order valence-corrected chi connectivity index (χ2v) is 6.58. The summed E-state index contributed by atoms with van der Waals surface area (Å²) in [5.41, 5.74) is 3.49. The van der Waals surface area contributed by atoms with Gasteiger partial charge in [-0.3, -0.25) is 4.79 Å². The van der Waals surface area contributed by atoms with Gasteiger partial charge in [-0.05, 0) is 48.7 Å². The molecular weight excluding hydrogens is 354 g/mol. The number of rotatable bonds is 10. The zero-order valence-electron chi connectivity index (χ0n) is 16.4. The first-order valence-corrected chi connectivity index (χ1v) is 9.44.